The Kier molecular flexibility index (Phi) is 5.37. The number of amides is 1. The molecule has 7 heteroatoms. The minimum Gasteiger partial charge on any atom is -0.379 e. The van der Waals surface area contributed by atoms with Crippen LogP contribution in [0.15, 0.2) is 30.7 Å². The zero-order valence-corrected chi connectivity index (χ0v) is 14.4. The molecule has 1 amide bonds. The van der Waals surface area contributed by atoms with E-state index < -0.39 is 0 Å². The summed E-state index contributed by atoms with van der Waals surface area (Å²) < 4.78 is 7.30. The third-order valence-electron chi connectivity index (χ3n) is 4.02. The van der Waals surface area contributed by atoms with E-state index in [0.29, 0.717) is 43.4 Å². The molecule has 2 heterocycles. The molecule has 1 aromatic carbocycles. The summed E-state index contributed by atoms with van der Waals surface area (Å²) in [5, 5.41) is 3.73. The van der Waals surface area contributed by atoms with Gasteiger partial charge in [-0.05, 0) is 25.1 Å². The minimum absolute atomic E-state index is 0.0449. The molecule has 0 spiro atoms. The monoisotopic (exact) mass is 348 g/mol. The second-order valence-electron chi connectivity index (χ2n) is 5.65. The van der Waals surface area contributed by atoms with E-state index >= 15 is 0 Å². The molecule has 0 radical (unpaired) electrons. The fraction of sp³-hybridized carbons (Fsp3) is 0.412. The smallest absolute Gasteiger partial charge is 0.255 e. The van der Waals surface area contributed by atoms with Gasteiger partial charge in [0.15, 0.2) is 0 Å². The molecular weight excluding hydrogens is 328 g/mol. The molecule has 1 aliphatic heterocycles. The maximum atomic E-state index is 12.5. The number of ether oxygens (including phenoxy) is 1. The molecule has 6 nitrogen and oxygen atoms in total. The first kappa shape index (κ1) is 16.8. The third kappa shape index (κ3) is 3.88. The van der Waals surface area contributed by atoms with Crippen LogP contribution in [0.4, 0.5) is 5.69 Å². The number of benzene rings is 1. The Hall–Kier alpha value is -2.05. The minimum atomic E-state index is -0.0449. The molecule has 0 unspecified atom stereocenters. The molecule has 3 rings (SSSR count). The topological polar surface area (TPSA) is 59.4 Å². The van der Waals surface area contributed by atoms with Crippen molar-refractivity contribution in [1.29, 1.82) is 0 Å². The number of imidazole rings is 1. The summed E-state index contributed by atoms with van der Waals surface area (Å²) >= 11 is 6.31. The lowest BCUT2D eigenvalue weighted by Gasteiger charge is -2.27. The Bertz CT molecular complexity index is 710. The van der Waals surface area contributed by atoms with Crippen molar-refractivity contribution in [2.75, 3.05) is 31.6 Å². The molecule has 1 aliphatic rings. The standard InChI is InChI=1S/C17H21ClN4O2/c1-2-21-11-14(20-12-21)10-19-13-3-4-15(16(18)9-13)17(23)22-5-7-24-8-6-22/h3-4,9,11-12,19H,2,5-8,10H2,1H3. The molecule has 24 heavy (non-hydrogen) atoms. The highest BCUT2D eigenvalue weighted by atomic mass is 35.5. The van der Waals surface area contributed by atoms with Crippen LogP contribution in [0.5, 0.6) is 0 Å². The van der Waals surface area contributed by atoms with Crippen molar-refractivity contribution in [3.05, 3.63) is 47.0 Å². The van der Waals surface area contributed by atoms with E-state index in [2.05, 4.69) is 17.2 Å². The number of rotatable bonds is 5. The predicted molar refractivity (Wildman–Crippen MR) is 93.4 cm³/mol. The number of morpholine rings is 1. The Morgan fingerprint density at radius 3 is 2.83 bits per heavy atom. The van der Waals surface area contributed by atoms with Gasteiger partial charge in [0.2, 0.25) is 0 Å². The second kappa shape index (κ2) is 7.68. The Labute approximate surface area is 146 Å². The van der Waals surface area contributed by atoms with Crippen LogP contribution < -0.4 is 5.32 Å². The van der Waals surface area contributed by atoms with Gasteiger partial charge < -0.3 is 19.5 Å². The molecule has 1 N–H and O–H groups in total. The molecule has 1 fully saturated rings. The van der Waals surface area contributed by atoms with Gasteiger partial charge in [0.05, 0.1) is 42.4 Å². The molecule has 1 aromatic heterocycles. The van der Waals surface area contributed by atoms with Gasteiger partial charge in [-0.25, -0.2) is 4.98 Å². The van der Waals surface area contributed by atoms with Crippen LogP contribution in [0.3, 0.4) is 0 Å². The number of carbonyl (C=O) groups is 1. The van der Waals surface area contributed by atoms with E-state index in [-0.39, 0.29) is 5.91 Å². The van der Waals surface area contributed by atoms with Crippen LogP contribution in [0.1, 0.15) is 23.0 Å². The van der Waals surface area contributed by atoms with Gasteiger partial charge >= 0.3 is 0 Å². The number of carbonyl (C=O) groups excluding carboxylic acids is 1. The van der Waals surface area contributed by atoms with Crippen LogP contribution in [0, 0.1) is 0 Å². The van der Waals surface area contributed by atoms with Gasteiger partial charge in [0.25, 0.3) is 5.91 Å². The molecule has 1 saturated heterocycles. The van der Waals surface area contributed by atoms with Gasteiger partial charge in [-0.15, -0.1) is 0 Å². The van der Waals surface area contributed by atoms with E-state index in [1.165, 1.54) is 0 Å². The lowest BCUT2D eigenvalue weighted by Crippen LogP contribution is -2.40. The first-order valence-electron chi connectivity index (χ1n) is 8.08. The van der Waals surface area contributed by atoms with Gasteiger partial charge in [-0.1, -0.05) is 11.6 Å². The highest BCUT2D eigenvalue weighted by Crippen LogP contribution is 2.23. The van der Waals surface area contributed by atoms with Crippen molar-refractivity contribution in [2.24, 2.45) is 0 Å². The van der Waals surface area contributed by atoms with Crippen LogP contribution in [0.2, 0.25) is 5.02 Å². The number of hydrogen-bond donors (Lipinski definition) is 1. The summed E-state index contributed by atoms with van der Waals surface area (Å²) in [5.41, 5.74) is 2.35. The average molecular weight is 349 g/mol. The van der Waals surface area contributed by atoms with Crippen molar-refractivity contribution in [1.82, 2.24) is 14.5 Å². The highest BCUT2D eigenvalue weighted by Gasteiger charge is 2.20. The highest BCUT2D eigenvalue weighted by molar-refractivity contribution is 6.34. The molecule has 0 saturated carbocycles. The van der Waals surface area contributed by atoms with Crippen LogP contribution in [-0.4, -0.2) is 46.7 Å². The molecule has 0 atom stereocenters. The Morgan fingerprint density at radius 2 is 2.17 bits per heavy atom. The predicted octanol–water partition coefficient (Wildman–Crippen LogP) is 2.64. The van der Waals surface area contributed by atoms with Crippen molar-refractivity contribution in [2.45, 2.75) is 20.0 Å². The van der Waals surface area contributed by atoms with Gasteiger partial charge in [-0.3, -0.25) is 4.79 Å². The number of anilines is 1. The van der Waals surface area contributed by atoms with Gasteiger partial charge in [-0.2, -0.15) is 0 Å². The number of nitrogens with zero attached hydrogens (tertiary/aromatic N) is 3. The number of halogens is 1. The second-order valence-corrected chi connectivity index (χ2v) is 6.06. The number of nitrogens with one attached hydrogen (secondary N) is 1. The number of aryl methyl sites for hydroxylation is 1. The number of hydrogen-bond acceptors (Lipinski definition) is 4. The van der Waals surface area contributed by atoms with E-state index in [4.69, 9.17) is 16.3 Å². The molecule has 128 valence electrons. The summed E-state index contributed by atoms with van der Waals surface area (Å²) in [4.78, 5) is 18.6. The Balaban J connectivity index is 1.64. The zero-order valence-electron chi connectivity index (χ0n) is 13.7. The normalized spacial score (nSPS) is 14.7. The van der Waals surface area contributed by atoms with E-state index in [1.807, 2.05) is 23.2 Å². The van der Waals surface area contributed by atoms with Crippen molar-refractivity contribution >= 4 is 23.2 Å². The van der Waals surface area contributed by atoms with Gasteiger partial charge in [0, 0.05) is 31.5 Å². The summed E-state index contributed by atoms with van der Waals surface area (Å²) in [6.45, 7) is 5.95. The molecule has 0 aliphatic carbocycles. The first-order chi connectivity index (χ1) is 11.7. The van der Waals surface area contributed by atoms with E-state index in [9.17, 15) is 4.79 Å². The van der Waals surface area contributed by atoms with Crippen LogP contribution in [0.25, 0.3) is 0 Å². The third-order valence-corrected chi connectivity index (χ3v) is 4.34. The average Bonchev–Trinajstić information content (AvgIpc) is 3.08. The van der Waals surface area contributed by atoms with Gasteiger partial charge in [0.1, 0.15) is 0 Å². The molecular formula is C17H21ClN4O2. The lowest BCUT2D eigenvalue weighted by molar-refractivity contribution is 0.0303. The van der Waals surface area contributed by atoms with Crippen molar-refractivity contribution in [3.8, 4) is 0 Å². The SMILES string of the molecule is CCn1cnc(CNc2ccc(C(=O)N3CCOCC3)c(Cl)c2)c1. The number of aromatic nitrogens is 2. The zero-order chi connectivity index (χ0) is 16.9. The maximum absolute atomic E-state index is 12.5. The lowest BCUT2D eigenvalue weighted by atomic mass is 10.1. The fourth-order valence-corrected chi connectivity index (χ4v) is 2.86. The summed E-state index contributed by atoms with van der Waals surface area (Å²) in [6, 6.07) is 5.43. The van der Waals surface area contributed by atoms with Crippen molar-refractivity contribution < 1.29 is 9.53 Å². The van der Waals surface area contributed by atoms with Crippen molar-refractivity contribution in [3.63, 3.8) is 0 Å². The fourth-order valence-electron chi connectivity index (χ4n) is 2.60. The Morgan fingerprint density at radius 1 is 1.38 bits per heavy atom. The molecule has 0 bridgehead atoms. The quantitative estimate of drug-likeness (QED) is 0.902. The first-order valence-corrected chi connectivity index (χ1v) is 8.46. The molecule has 2 aromatic rings. The summed E-state index contributed by atoms with van der Waals surface area (Å²) in [7, 11) is 0. The van der Waals surface area contributed by atoms with Crippen LogP contribution >= 0.6 is 11.6 Å². The van der Waals surface area contributed by atoms with E-state index in [0.717, 1.165) is 17.9 Å². The summed E-state index contributed by atoms with van der Waals surface area (Å²) in [6.07, 6.45) is 3.82. The van der Waals surface area contributed by atoms with Crippen LogP contribution in [-0.2, 0) is 17.8 Å². The largest absolute Gasteiger partial charge is 0.379 e. The summed E-state index contributed by atoms with van der Waals surface area (Å²) in [5.74, 6) is -0.0449. The van der Waals surface area contributed by atoms with E-state index in [1.54, 1.807) is 17.0 Å². The maximum Gasteiger partial charge on any atom is 0.255 e.